The highest BCUT2D eigenvalue weighted by molar-refractivity contribution is 7.14. The molecule has 2 rings (SSSR count). The van der Waals surface area contributed by atoms with Gasteiger partial charge in [-0.2, -0.15) is 0 Å². The van der Waals surface area contributed by atoms with Gasteiger partial charge in [-0.1, -0.05) is 13.8 Å². The predicted octanol–water partition coefficient (Wildman–Crippen LogP) is 3.37. The lowest BCUT2D eigenvalue weighted by Crippen LogP contribution is -2.25. The van der Waals surface area contributed by atoms with Gasteiger partial charge >= 0.3 is 0 Å². The molecule has 0 aliphatic heterocycles. The van der Waals surface area contributed by atoms with Gasteiger partial charge in [-0.3, -0.25) is 4.79 Å². The zero-order valence-corrected chi connectivity index (χ0v) is 13.3. The van der Waals surface area contributed by atoms with Crippen molar-refractivity contribution in [2.75, 3.05) is 11.9 Å². The van der Waals surface area contributed by atoms with E-state index in [9.17, 15) is 4.79 Å². The smallest absolute Gasteiger partial charge is 0.260 e. The number of pyridine rings is 1. The summed E-state index contributed by atoms with van der Waals surface area (Å²) >= 11 is 1.53. The third-order valence-electron chi connectivity index (χ3n) is 3.05. The Morgan fingerprint density at radius 3 is 2.80 bits per heavy atom. The van der Waals surface area contributed by atoms with Crippen molar-refractivity contribution in [3.63, 3.8) is 0 Å². The minimum absolute atomic E-state index is 0.0482. The zero-order valence-electron chi connectivity index (χ0n) is 12.4. The molecule has 0 unspecified atom stereocenters. The average Bonchev–Trinajstić information content (AvgIpc) is 2.83. The van der Waals surface area contributed by atoms with Crippen molar-refractivity contribution in [3.8, 4) is 11.3 Å². The van der Waals surface area contributed by atoms with Crippen molar-refractivity contribution in [1.82, 2.24) is 9.55 Å². The Kier molecular flexibility index (Phi) is 4.60. The first-order chi connectivity index (χ1) is 9.52. The van der Waals surface area contributed by atoms with Gasteiger partial charge in [0, 0.05) is 24.2 Å². The van der Waals surface area contributed by atoms with Gasteiger partial charge in [-0.25, -0.2) is 4.98 Å². The minimum Gasteiger partial charge on any atom is -0.362 e. The number of nitrogens with zero attached hydrogens (tertiary/aromatic N) is 2. The van der Waals surface area contributed by atoms with Crippen LogP contribution in [0.1, 0.15) is 26.5 Å². The molecule has 0 fully saturated rings. The van der Waals surface area contributed by atoms with Crippen molar-refractivity contribution in [2.45, 2.75) is 34.2 Å². The summed E-state index contributed by atoms with van der Waals surface area (Å²) in [6, 6.07) is 3.87. The van der Waals surface area contributed by atoms with Crippen LogP contribution < -0.4 is 10.9 Å². The number of thiazole rings is 1. The molecule has 1 N–H and O–H groups in total. The molecule has 5 heteroatoms. The Balaban J connectivity index is 2.43. The van der Waals surface area contributed by atoms with Gasteiger partial charge in [0.25, 0.3) is 5.56 Å². The summed E-state index contributed by atoms with van der Waals surface area (Å²) in [6.45, 7) is 9.80. The largest absolute Gasteiger partial charge is 0.362 e. The second kappa shape index (κ2) is 6.22. The molecular weight excluding hydrogens is 270 g/mol. The van der Waals surface area contributed by atoms with Crippen molar-refractivity contribution >= 4 is 16.5 Å². The lowest BCUT2D eigenvalue weighted by Gasteiger charge is -2.13. The third-order valence-corrected chi connectivity index (χ3v) is 3.85. The topological polar surface area (TPSA) is 46.9 Å². The molecule has 0 atom stereocenters. The van der Waals surface area contributed by atoms with E-state index >= 15 is 0 Å². The molecule has 0 aliphatic rings. The summed E-state index contributed by atoms with van der Waals surface area (Å²) in [5.74, 6) is 0.439. The molecule has 4 nitrogen and oxygen atoms in total. The Morgan fingerprint density at radius 1 is 1.40 bits per heavy atom. The van der Waals surface area contributed by atoms with Crippen LogP contribution in [0.4, 0.5) is 5.13 Å². The van der Waals surface area contributed by atoms with Gasteiger partial charge < -0.3 is 9.88 Å². The minimum atomic E-state index is 0.0482. The van der Waals surface area contributed by atoms with Gasteiger partial charge in [0.1, 0.15) is 0 Å². The van der Waals surface area contributed by atoms with E-state index in [0.29, 0.717) is 11.5 Å². The lowest BCUT2D eigenvalue weighted by atomic mass is 10.1. The fourth-order valence-electron chi connectivity index (χ4n) is 2.09. The monoisotopic (exact) mass is 291 g/mol. The first-order valence-corrected chi connectivity index (χ1v) is 7.81. The number of aryl methyl sites for hydroxylation is 1. The standard InChI is InChI=1S/C15H21N3OS/c1-5-16-15-17-13(9-20-15)12-7-6-11(4)18(14(12)19)8-10(2)3/h6-7,9-10H,5,8H2,1-4H3,(H,16,17). The highest BCUT2D eigenvalue weighted by atomic mass is 32.1. The van der Waals surface area contributed by atoms with Crippen molar-refractivity contribution < 1.29 is 0 Å². The second-order valence-corrected chi connectivity index (χ2v) is 6.12. The molecule has 2 aromatic rings. The van der Waals surface area contributed by atoms with Crippen LogP contribution in [0.3, 0.4) is 0 Å². The Morgan fingerprint density at radius 2 is 2.15 bits per heavy atom. The van der Waals surface area contributed by atoms with E-state index in [1.54, 1.807) is 0 Å². The number of rotatable bonds is 5. The Labute approximate surface area is 123 Å². The fraction of sp³-hybridized carbons (Fsp3) is 0.467. The van der Waals surface area contributed by atoms with E-state index in [4.69, 9.17) is 0 Å². The van der Waals surface area contributed by atoms with Gasteiger partial charge in [-0.05, 0) is 31.9 Å². The summed E-state index contributed by atoms with van der Waals surface area (Å²) < 4.78 is 1.84. The Hall–Kier alpha value is -1.62. The predicted molar refractivity (Wildman–Crippen MR) is 85.5 cm³/mol. The third kappa shape index (κ3) is 3.10. The van der Waals surface area contributed by atoms with E-state index < -0.39 is 0 Å². The zero-order chi connectivity index (χ0) is 14.7. The van der Waals surface area contributed by atoms with Crippen LogP contribution in [0.25, 0.3) is 11.3 Å². The molecule has 0 amide bonds. The van der Waals surface area contributed by atoms with E-state index in [-0.39, 0.29) is 5.56 Å². The highest BCUT2D eigenvalue weighted by Gasteiger charge is 2.12. The quantitative estimate of drug-likeness (QED) is 0.918. The molecule has 0 saturated heterocycles. The molecule has 108 valence electrons. The fourth-order valence-corrected chi connectivity index (χ4v) is 2.87. The maximum atomic E-state index is 12.6. The Bertz CT molecular complexity index is 643. The van der Waals surface area contributed by atoms with Crippen LogP contribution in [0.5, 0.6) is 0 Å². The van der Waals surface area contributed by atoms with Gasteiger partial charge in [0.15, 0.2) is 5.13 Å². The highest BCUT2D eigenvalue weighted by Crippen LogP contribution is 2.22. The SMILES string of the molecule is CCNc1nc(-c2ccc(C)n(CC(C)C)c2=O)cs1. The van der Waals surface area contributed by atoms with E-state index in [2.05, 4.69) is 24.1 Å². The van der Waals surface area contributed by atoms with Crippen LogP contribution in [0.2, 0.25) is 0 Å². The van der Waals surface area contributed by atoms with Crippen LogP contribution in [-0.4, -0.2) is 16.1 Å². The molecule has 0 radical (unpaired) electrons. The van der Waals surface area contributed by atoms with Crippen LogP contribution >= 0.6 is 11.3 Å². The molecule has 0 saturated carbocycles. The normalized spacial score (nSPS) is 11.1. The number of hydrogen-bond donors (Lipinski definition) is 1. The van der Waals surface area contributed by atoms with E-state index in [1.165, 1.54) is 11.3 Å². The molecule has 0 aromatic carbocycles. The van der Waals surface area contributed by atoms with Crippen LogP contribution in [0.15, 0.2) is 22.3 Å². The molecular formula is C15H21N3OS. The summed E-state index contributed by atoms with van der Waals surface area (Å²) in [6.07, 6.45) is 0. The van der Waals surface area contributed by atoms with Gasteiger partial charge in [-0.15, -0.1) is 11.3 Å². The van der Waals surface area contributed by atoms with Gasteiger partial charge in [0.05, 0.1) is 11.3 Å². The molecule has 0 spiro atoms. The first kappa shape index (κ1) is 14.8. The lowest BCUT2D eigenvalue weighted by molar-refractivity contribution is 0.503. The summed E-state index contributed by atoms with van der Waals surface area (Å²) in [5.41, 5.74) is 2.48. The maximum absolute atomic E-state index is 12.6. The van der Waals surface area contributed by atoms with Crippen LogP contribution in [-0.2, 0) is 6.54 Å². The van der Waals surface area contributed by atoms with E-state index in [0.717, 1.165) is 29.6 Å². The molecule has 0 aliphatic carbocycles. The van der Waals surface area contributed by atoms with Gasteiger partial charge in [0.2, 0.25) is 0 Å². The second-order valence-electron chi connectivity index (χ2n) is 5.27. The molecule has 2 aromatic heterocycles. The number of anilines is 1. The summed E-state index contributed by atoms with van der Waals surface area (Å²) in [5, 5.41) is 5.97. The molecule has 0 bridgehead atoms. The van der Waals surface area contributed by atoms with Crippen LogP contribution in [0, 0.1) is 12.8 Å². The first-order valence-electron chi connectivity index (χ1n) is 6.93. The van der Waals surface area contributed by atoms with Crippen molar-refractivity contribution in [3.05, 3.63) is 33.6 Å². The summed E-state index contributed by atoms with van der Waals surface area (Å²) in [4.78, 5) is 17.1. The van der Waals surface area contributed by atoms with Crippen molar-refractivity contribution in [1.29, 1.82) is 0 Å². The number of aromatic nitrogens is 2. The number of nitrogens with one attached hydrogen (secondary N) is 1. The number of hydrogen-bond acceptors (Lipinski definition) is 4. The van der Waals surface area contributed by atoms with E-state index in [1.807, 2.05) is 35.9 Å². The maximum Gasteiger partial charge on any atom is 0.260 e. The van der Waals surface area contributed by atoms with Crippen molar-refractivity contribution in [2.24, 2.45) is 5.92 Å². The molecule has 20 heavy (non-hydrogen) atoms. The molecule has 2 heterocycles. The average molecular weight is 291 g/mol. The summed E-state index contributed by atoms with van der Waals surface area (Å²) in [7, 11) is 0.